The second kappa shape index (κ2) is 5.76. The topological polar surface area (TPSA) is 26.0 Å². The molecule has 0 amide bonds. The average Bonchev–Trinajstić information content (AvgIpc) is 2.51. The first-order valence-corrected chi connectivity index (χ1v) is 9.29. The maximum atomic E-state index is 13.6. The van der Waals surface area contributed by atoms with Crippen LogP contribution >= 0.6 is 0 Å². The van der Waals surface area contributed by atoms with Gasteiger partial charge in [0.05, 0.1) is 5.56 Å². The normalized spacial score (nSPS) is 37.8. The van der Waals surface area contributed by atoms with Gasteiger partial charge in [0.1, 0.15) is 0 Å². The molecule has 4 saturated carbocycles. The molecule has 0 radical (unpaired) electrons. The van der Waals surface area contributed by atoms with Crippen molar-refractivity contribution in [3.8, 4) is 0 Å². The SMILES string of the molecule is NCCCC12CC3CC(CC(C3)C1c1ccccc1C(F)(F)F)C2. The van der Waals surface area contributed by atoms with Crippen LogP contribution in [0.4, 0.5) is 13.2 Å². The molecule has 1 aromatic rings. The average molecular weight is 337 g/mol. The molecule has 0 spiro atoms. The van der Waals surface area contributed by atoms with E-state index in [0.717, 1.165) is 50.4 Å². The Hall–Kier alpha value is -1.03. The van der Waals surface area contributed by atoms with E-state index in [9.17, 15) is 13.2 Å². The van der Waals surface area contributed by atoms with Gasteiger partial charge in [0.25, 0.3) is 0 Å². The highest BCUT2D eigenvalue weighted by molar-refractivity contribution is 5.36. The fourth-order valence-corrected chi connectivity index (χ4v) is 6.63. The smallest absolute Gasteiger partial charge is 0.330 e. The number of benzene rings is 1. The van der Waals surface area contributed by atoms with Crippen molar-refractivity contribution < 1.29 is 13.2 Å². The minimum Gasteiger partial charge on any atom is -0.330 e. The van der Waals surface area contributed by atoms with Crippen molar-refractivity contribution in [3.63, 3.8) is 0 Å². The second-order valence-electron chi connectivity index (χ2n) is 8.42. The van der Waals surface area contributed by atoms with Gasteiger partial charge in [-0.3, -0.25) is 0 Å². The maximum Gasteiger partial charge on any atom is 0.416 e. The summed E-state index contributed by atoms with van der Waals surface area (Å²) in [5.41, 5.74) is 5.97. The minimum atomic E-state index is -4.26. The van der Waals surface area contributed by atoms with Crippen molar-refractivity contribution in [1.82, 2.24) is 0 Å². The van der Waals surface area contributed by atoms with Crippen LogP contribution in [0.1, 0.15) is 62.0 Å². The highest BCUT2D eigenvalue weighted by Gasteiger charge is 2.57. The molecule has 3 atom stereocenters. The third-order valence-electron chi connectivity index (χ3n) is 6.94. The van der Waals surface area contributed by atoms with Gasteiger partial charge < -0.3 is 5.73 Å². The zero-order chi connectivity index (χ0) is 16.9. The van der Waals surface area contributed by atoms with Crippen LogP contribution < -0.4 is 5.73 Å². The summed E-state index contributed by atoms with van der Waals surface area (Å²) in [7, 11) is 0. The lowest BCUT2D eigenvalue weighted by molar-refractivity contribution is -0.141. The third-order valence-corrected chi connectivity index (χ3v) is 6.94. The Morgan fingerprint density at radius 2 is 1.71 bits per heavy atom. The summed E-state index contributed by atoms with van der Waals surface area (Å²) in [6.07, 6.45) is 3.42. The molecular weight excluding hydrogens is 311 g/mol. The van der Waals surface area contributed by atoms with Gasteiger partial charge in [0.15, 0.2) is 0 Å². The van der Waals surface area contributed by atoms with E-state index in [1.807, 2.05) is 0 Å². The number of alkyl halides is 3. The Balaban J connectivity index is 1.78. The molecule has 1 nitrogen and oxygen atoms in total. The van der Waals surface area contributed by atoms with Gasteiger partial charge in [-0.2, -0.15) is 13.2 Å². The molecule has 132 valence electrons. The Morgan fingerprint density at radius 1 is 1.04 bits per heavy atom. The predicted molar refractivity (Wildman–Crippen MR) is 88.5 cm³/mol. The lowest BCUT2D eigenvalue weighted by Crippen LogP contribution is -2.51. The molecule has 0 aromatic heterocycles. The quantitative estimate of drug-likeness (QED) is 0.787. The Kier molecular flexibility index (Phi) is 3.94. The number of halogens is 3. The minimum absolute atomic E-state index is 0.0511. The van der Waals surface area contributed by atoms with E-state index in [0.29, 0.717) is 18.0 Å². The van der Waals surface area contributed by atoms with E-state index in [1.165, 1.54) is 18.6 Å². The summed E-state index contributed by atoms with van der Waals surface area (Å²) < 4.78 is 40.9. The molecule has 4 fully saturated rings. The summed E-state index contributed by atoms with van der Waals surface area (Å²) in [6.45, 7) is 0.634. The molecule has 2 N–H and O–H groups in total. The first-order valence-electron chi connectivity index (χ1n) is 9.29. The van der Waals surface area contributed by atoms with Crippen molar-refractivity contribution in [1.29, 1.82) is 0 Å². The van der Waals surface area contributed by atoms with Crippen LogP contribution in [0.5, 0.6) is 0 Å². The van der Waals surface area contributed by atoms with Crippen LogP contribution in [0, 0.1) is 23.2 Å². The summed E-state index contributed by atoms with van der Waals surface area (Å²) in [5.74, 6) is 1.95. The molecule has 0 aliphatic heterocycles. The fraction of sp³-hybridized carbons (Fsp3) is 0.700. The molecule has 4 aliphatic rings. The molecular formula is C20H26F3N. The van der Waals surface area contributed by atoms with Gasteiger partial charge in [-0.05, 0) is 92.2 Å². The van der Waals surface area contributed by atoms with Crippen LogP contribution in [0.15, 0.2) is 24.3 Å². The number of rotatable bonds is 4. The molecule has 3 unspecified atom stereocenters. The van der Waals surface area contributed by atoms with E-state index in [4.69, 9.17) is 5.73 Å². The highest BCUT2D eigenvalue weighted by atomic mass is 19.4. The maximum absolute atomic E-state index is 13.6. The lowest BCUT2D eigenvalue weighted by atomic mass is 9.43. The van der Waals surface area contributed by atoms with E-state index in [-0.39, 0.29) is 11.3 Å². The lowest BCUT2D eigenvalue weighted by Gasteiger charge is -2.62. The zero-order valence-electron chi connectivity index (χ0n) is 14.0. The molecule has 0 heterocycles. The van der Waals surface area contributed by atoms with Crippen molar-refractivity contribution in [2.75, 3.05) is 6.54 Å². The van der Waals surface area contributed by atoms with Crippen LogP contribution in [0.2, 0.25) is 0 Å². The molecule has 4 aliphatic carbocycles. The largest absolute Gasteiger partial charge is 0.416 e. The standard InChI is InChI=1S/C20H26F3N/c21-20(22,23)17-5-2-1-4-16(17)18-15-9-13-8-14(10-15)12-19(18,11-13)6-3-7-24/h1-2,4-5,13-15,18H,3,6-12,24H2. The van der Waals surface area contributed by atoms with Crippen molar-refractivity contribution >= 4 is 0 Å². The highest BCUT2D eigenvalue weighted by Crippen LogP contribution is 2.68. The molecule has 4 heteroatoms. The van der Waals surface area contributed by atoms with Gasteiger partial charge in [-0.15, -0.1) is 0 Å². The second-order valence-corrected chi connectivity index (χ2v) is 8.42. The van der Waals surface area contributed by atoms with E-state index in [1.54, 1.807) is 12.1 Å². The molecule has 24 heavy (non-hydrogen) atoms. The van der Waals surface area contributed by atoms with Gasteiger partial charge >= 0.3 is 6.18 Å². The molecule has 4 bridgehead atoms. The number of hydrogen-bond donors (Lipinski definition) is 1. The molecule has 5 rings (SSSR count). The number of nitrogens with two attached hydrogens (primary N) is 1. The van der Waals surface area contributed by atoms with Crippen LogP contribution in [0.25, 0.3) is 0 Å². The Morgan fingerprint density at radius 3 is 2.33 bits per heavy atom. The van der Waals surface area contributed by atoms with Crippen molar-refractivity contribution in [2.45, 2.75) is 57.0 Å². The summed E-state index contributed by atoms with van der Waals surface area (Å²) >= 11 is 0. The van der Waals surface area contributed by atoms with Crippen molar-refractivity contribution in [3.05, 3.63) is 35.4 Å². The van der Waals surface area contributed by atoms with Crippen LogP contribution in [0.3, 0.4) is 0 Å². The first kappa shape index (κ1) is 16.4. The summed E-state index contributed by atoms with van der Waals surface area (Å²) in [6, 6.07) is 6.33. The van der Waals surface area contributed by atoms with E-state index >= 15 is 0 Å². The Labute approximate surface area is 141 Å². The molecule has 1 aromatic carbocycles. The van der Waals surface area contributed by atoms with E-state index < -0.39 is 11.7 Å². The first-order chi connectivity index (χ1) is 11.4. The van der Waals surface area contributed by atoms with Gasteiger partial charge in [-0.1, -0.05) is 18.2 Å². The van der Waals surface area contributed by atoms with Gasteiger partial charge in [-0.25, -0.2) is 0 Å². The zero-order valence-corrected chi connectivity index (χ0v) is 14.0. The van der Waals surface area contributed by atoms with Crippen molar-refractivity contribution in [2.24, 2.45) is 28.9 Å². The van der Waals surface area contributed by atoms with E-state index in [2.05, 4.69) is 0 Å². The van der Waals surface area contributed by atoms with Gasteiger partial charge in [0.2, 0.25) is 0 Å². The Bertz CT molecular complexity index is 595. The summed E-state index contributed by atoms with van der Waals surface area (Å²) in [5, 5.41) is 0. The van der Waals surface area contributed by atoms with Crippen LogP contribution in [-0.2, 0) is 6.18 Å². The predicted octanol–water partition coefficient (Wildman–Crippen LogP) is 5.35. The van der Waals surface area contributed by atoms with Gasteiger partial charge in [0, 0.05) is 0 Å². The molecule has 0 saturated heterocycles. The summed E-state index contributed by atoms with van der Waals surface area (Å²) in [4.78, 5) is 0. The monoisotopic (exact) mass is 337 g/mol. The number of hydrogen-bond acceptors (Lipinski definition) is 1. The third kappa shape index (κ3) is 2.58. The fourth-order valence-electron chi connectivity index (χ4n) is 6.63. The van der Waals surface area contributed by atoms with Crippen LogP contribution in [-0.4, -0.2) is 6.54 Å².